The average molecular weight is 474 g/mol. The van der Waals surface area contributed by atoms with Gasteiger partial charge in [0.05, 0.1) is 16.8 Å². The highest BCUT2D eigenvalue weighted by atomic mass is 79.9. The molecule has 5 nitrogen and oxygen atoms in total. The normalized spacial score (nSPS) is 14.9. The largest absolute Gasteiger partial charge is 0.494 e. The van der Waals surface area contributed by atoms with E-state index in [-0.39, 0.29) is 11.8 Å². The van der Waals surface area contributed by atoms with Crippen LogP contribution < -0.4 is 15.0 Å². The lowest BCUT2D eigenvalue weighted by molar-refractivity contribution is -0.125. The molecule has 1 fully saturated rings. The van der Waals surface area contributed by atoms with Gasteiger partial charge in [0.1, 0.15) is 5.75 Å². The molecule has 0 radical (unpaired) electrons. The van der Waals surface area contributed by atoms with Crippen LogP contribution in [0.3, 0.4) is 0 Å². The molecular weight excluding hydrogens is 450 g/mol. The number of hydrogen-bond acceptors (Lipinski definition) is 5. The Morgan fingerprint density at radius 3 is 2.86 bits per heavy atom. The van der Waals surface area contributed by atoms with Crippen molar-refractivity contribution >= 4 is 48.5 Å². The fourth-order valence-corrected chi connectivity index (χ4v) is 5.09. The summed E-state index contributed by atoms with van der Waals surface area (Å²) in [4.78, 5) is 19.6. The molecule has 4 rings (SSSR count). The van der Waals surface area contributed by atoms with Crippen molar-refractivity contribution in [1.29, 1.82) is 0 Å². The van der Waals surface area contributed by atoms with Crippen LogP contribution in [0.5, 0.6) is 5.75 Å². The van der Waals surface area contributed by atoms with E-state index in [4.69, 9.17) is 9.72 Å². The number of amides is 1. The van der Waals surface area contributed by atoms with Crippen LogP contribution in [0.2, 0.25) is 0 Å². The van der Waals surface area contributed by atoms with Gasteiger partial charge in [0.15, 0.2) is 5.13 Å². The van der Waals surface area contributed by atoms with E-state index in [9.17, 15) is 4.79 Å². The molecule has 0 aliphatic carbocycles. The molecule has 3 aromatic rings. The maximum Gasteiger partial charge on any atom is 0.223 e. The first-order valence-corrected chi connectivity index (χ1v) is 11.5. The van der Waals surface area contributed by atoms with E-state index >= 15 is 0 Å². The molecule has 0 saturated carbocycles. The van der Waals surface area contributed by atoms with Crippen LogP contribution in [0.25, 0.3) is 10.2 Å². The first-order valence-electron chi connectivity index (χ1n) is 9.93. The predicted octanol–water partition coefficient (Wildman–Crippen LogP) is 4.99. The van der Waals surface area contributed by atoms with Gasteiger partial charge in [0, 0.05) is 30.0 Å². The van der Waals surface area contributed by atoms with Gasteiger partial charge in [-0.25, -0.2) is 4.98 Å². The molecule has 0 bridgehead atoms. The van der Waals surface area contributed by atoms with Gasteiger partial charge in [-0.1, -0.05) is 39.4 Å². The van der Waals surface area contributed by atoms with Crippen LogP contribution in [0.4, 0.5) is 5.13 Å². The van der Waals surface area contributed by atoms with E-state index in [1.807, 2.05) is 43.3 Å². The summed E-state index contributed by atoms with van der Waals surface area (Å²) in [5.41, 5.74) is 2.10. The lowest BCUT2D eigenvalue weighted by Gasteiger charge is -2.31. The molecular formula is C22H24BrN3O2S. The molecule has 1 aliphatic heterocycles. The van der Waals surface area contributed by atoms with Gasteiger partial charge in [-0.3, -0.25) is 4.79 Å². The van der Waals surface area contributed by atoms with Crippen LogP contribution >= 0.6 is 27.3 Å². The quantitative estimate of drug-likeness (QED) is 0.547. The lowest BCUT2D eigenvalue weighted by Crippen LogP contribution is -2.40. The maximum absolute atomic E-state index is 12.6. The van der Waals surface area contributed by atoms with Gasteiger partial charge < -0.3 is 15.0 Å². The molecule has 0 spiro atoms. The van der Waals surface area contributed by atoms with Crippen molar-refractivity contribution < 1.29 is 9.53 Å². The van der Waals surface area contributed by atoms with Gasteiger partial charge in [0.25, 0.3) is 0 Å². The molecule has 29 heavy (non-hydrogen) atoms. The third-order valence-corrected chi connectivity index (χ3v) is 6.72. The van der Waals surface area contributed by atoms with Gasteiger partial charge in [-0.05, 0) is 55.7 Å². The summed E-state index contributed by atoms with van der Waals surface area (Å²) in [5, 5.41) is 4.11. The number of rotatable bonds is 6. The SMILES string of the molecule is CCOc1ccc2nc(N3CCC(C(=O)NCc4cccc(Br)c4)CC3)sc2c1. The van der Waals surface area contributed by atoms with Crippen LogP contribution in [0.15, 0.2) is 46.9 Å². The fraction of sp³-hybridized carbons (Fsp3) is 0.364. The minimum absolute atomic E-state index is 0.0670. The molecule has 0 unspecified atom stereocenters. The van der Waals surface area contributed by atoms with Gasteiger partial charge in [-0.15, -0.1) is 0 Å². The van der Waals surface area contributed by atoms with Crippen LogP contribution in [-0.4, -0.2) is 30.6 Å². The molecule has 2 aromatic carbocycles. The van der Waals surface area contributed by atoms with Gasteiger partial charge in [-0.2, -0.15) is 0 Å². The Morgan fingerprint density at radius 2 is 2.10 bits per heavy atom. The van der Waals surface area contributed by atoms with Crippen molar-refractivity contribution in [3.63, 3.8) is 0 Å². The summed E-state index contributed by atoms with van der Waals surface area (Å²) < 4.78 is 7.76. The highest BCUT2D eigenvalue weighted by Gasteiger charge is 2.26. The second-order valence-corrected chi connectivity index (χ2v) is 9.09. The number of piperidine rings is 1. The van der Waals surface area contributed by atoms with E-state index in [0.29, 0.717) is 13.2 Å². The third kappa shape index (κ3) is 4.90. The molecule has 1 aliphatic rings. The zero-order chi connectivity index (χ0) is 20.2. The van der Waals surface area contributed by atoms with Crippen molar-refractivity contribution in [2.24, 2.45) is 5.92 Å². The minimum atomic E-state index is 0.0670. The number of benzene rings is 2. The number of carbonyl (C=O) groups is 1. The number of fused-ring (bicyclic) bond motifs is 1. The Bertz CT molecular complexity index is 999. The number of nitrogens with one attached hydrogen (secondary N) is 1. The summed E-state index contributed by atoms with van der Waals surface area (Å²) in [7, 11) is 0. The van der Waals surface area contributed by atoms with E-state index in [0.717, 1.165) is 57.1 Å². The lowest BCUT2D eigenvalue weighted by atomic mass is 9.96. The monoisotopic (exact) mass is 473 g/mol. The van der Waals surface area contributed by atoms with Crippen LogP contribution in [0, 0.1) is 5.92 Å². The van der Waals surface area contributed by atoms with E-state index in [1.54, 1.807) is 11.3 Å². The Labute approximate surface area is 183 Å². The van der Waals surface area contributed by atoms with Crippen LogP contribution in [0.1, 0.15) is 25.3 Å². The van der Waals surface area contributed by atoms with E-state index in [2.05, 4.69) is 32.2 Å². The second kappa shape index (κ2) is 9.13. The van der Waals surface area contributed by atoms with Crippen molar-refractivity contribution in [1.82, 2.24) is 10.3 Å². The molecule has 152 valence electrons. The number of nitrogens with zero attached hydrogens (tertiary/aromatic N) is 2. The number of anilines is 1. The first-order chi connectivity index (χ1) is 14.1. The second-order valence-electron chi connectivity index (χ2n) is 7.17. The van der Waals surface area contributed by atoms with Crippen molar-refractivity contribution in [2.45, 2.75) is 26.3 Å². The highest BCUT2D eigenvalue weighted by molar-refractivity contribution is 9.10. The van der Waals surface area contributed by atoms with Gasteiger partial charge in [0.2, 0.25) is 5.91 Å². The minimum Gasteiger partial charge on any atom is -0.494 e. The summed E-state index contributed by atoms with van der Waals surface area (Å²) >= 11 is 5.16. The zero-order valence-electron chi connectivity index (χ0n) is 16.4. The average Bonchev–Trinajstić information content (AvgIpc) is 3.16. The molecule has 1 N–H and O–H groups in total. The Morgan fingerprint density at radius 1 is 1.28 bits per heavy atom. The van der Waals surface area contributed by atoms with Crippen molar-refractivity contribution in [2.75, 3.05) is 24.6 Å². The summed E-state index contributed by atoms with van der Waals surface area (Å²) in [6.45, 7) is 4.93. The molecule has 1 amide bonds. The Balaban J connectivity index is 1.33. The molecule has 7 heteroatoms. The Kier molecular flexibility index (Phi) is 6.35. The van der Waals surface area contributed by atoms with E-state index < -0.39 is 0 Å². The Hall–Kier alpha value is -2.12. The van der Waals surface area contributed by atoms with Crippen molar-refractivity contribution in [3.05, 3.63) is 52.5 Å². The molecule has 1 aromatic heterocycles. The molecule has 0 atom stereocenters. The topological polar surface area (TPSA) is 54.5 Å². The first kappa shape index (κ1) is 20.2. The number of hydrogen-bond donors (Lipinski definition) is 1. The number of carbonyl (C=O) groups excluding carboxylic acids is 1. The standard InChI is InChI=1S/C22H24BrN3O2S/c1-2-28-18-6-7-19-20(13-18)29-22(25-19)26-10-8-16(9-11-26)21(27)24-14-15-4-3-5-17(23)12-15/h3-7,12-13,16H,2,8-11,14H2,1H3,(H,24,27). The molecule has 1 saturated heterocycles. The number of ether oxygens (including phenoxy) is 1. The van der Waals surface area contributed by atoms with Crippen LogP contribution in [-0.2, 0) is 11.3 Å². The van der Waals surface area contributed by atoms with Crippen molar-refractivity contribution in [3.8, 4) is 5.75 Å². The van der Waals surface area contributed by atoms with E-state index in [1.165, 1.54) is 0 Å². The summed E-state index contributed by atoms with van der Waals surface area (Å²) in [6, 6.07) is 14.1. The summed E-state index contributed by atoms with van der Waals surface area (Å²) in [6.07, 6.45) is 1.70. The smallest absolute Gasteiger partial charge is 0.223 e. The predicted molar refractivity (Wildman–Crippen MR) is 122 cm³/mol. The highest BCUT2D eigenvalue weighted by Crippen LogP contribution is 2.33. The third-order valence-electron chi connectivity index (χ3n) is 5.15. The maximum atomic E-state index is 12.6. The van der Waals surface area contributed by atoms with Gasteiger partial charge >= 0.3 is 0 Å². The fourth-order valence-electron chi connectivity index (χ4n) is 3.60. The zero-order valence-corrected chi connectivity index (χ0v) is 18.8. The number of halogens is 1. The molecule has 2 heterocycles. The number of aromatic nitrogens is 1. The number of thiazole rings is 1. The summed E-state index contributed by atoms with van der Waals surface area (Å²) in [5.74, 6) is 1.10.